The molecule has 4 N–H and O–H groups in total. The molecule has 0 radical (unpaired) electrons. The topological polar surface area (TPSA) is 101 Å². The average Bonchev–Trinajstić information content (AvgIpc) is 2.74. The summed E-state index contributed by atoms with van der Waals surface area (Å²) >= 11 is 0. The molecule has 1 fully saturated rings. The molecule has 106 valence electrons. The smallest absolute Gasteiger partial charge is 0.274 e. The van der Waals surface area contributed by atoms with Gasteiger partial charge in [-0.1, -0.05) is 13.8 Å². The third-order valence-electron chi connectivity index (χ3n) is 3.35. The van der Waals surface area contributed by atoms with Crippen LogP contribution in [0.4, 0.5) is 5.69 Å². The van der Waals surface area contributed by atoms with Crippen LogP contribution in [0.1, 0.15) is 48.8 Å². The maximum atomic E-state index is 12.1. The quantitative estimate of drug-likeness (QED) is 0.762. The highest BCUT2D eigenvalue weighted by Crippen LogP contribution is 2.22. The number of carbonyl (C=O) groups is 1. The van der Waals surface area contributed by atoms with Gasteiger partial charge < -0.3 is 11.1 Å². The number of aromatic amines is 1. The minimum absolute atomic E-state index is 0.0730. The van der Waals surface area contributed by atoms with Crippen LogP contribution in [0.5, 0.6) is 0 Å². The van der Waals surface area contributed by atoms with Gasteiger partial charge in [-0.25, -0.2) is 0 Å². The Morgan fingerprint density at radius 1 is 1.47 bits per heavy atom. The zero-order valence-corrected chi connectivity index (χ0v) is 12.0. The molecule has 1 aromatic rings. The zero-order chi connectivity index (χ0) is 14.0. The summed E-state index contributed by atoms with van der Waals surface area (Å²) in [6, 6.07) is 0.0730. The first kappa shape index (κ1) is 14.0. The number of anilines is 1. The Kier molecular flexibility index (Phi) is 4.24. The standard InChI is InChI=1S/C12H20N4O2S/c1-7(2)10-9(13)11(16-15-10)12(17)14-8-3-5-19(18)6-4-8/h7-8H,3-6,13H2,1-2H3,(H,14,17)(H,15,16). The Morgan fingerprint density at radius 2 is 2.11 bits per heavy atom. The maximum absolute atomic E-state index is 12.1. The van der Waals surface area contributed by atoms with E-state index in [0.29, 0.717) is 17.2 Å². The van der Waals surface area contributed by atoms with Crippen molar-refractivity contribution in [1.29, 1.82) is 0 Å². The van der Waals surface area contributed by atoms with E-state index < -0.39 is 10.8 Å². The van der Waals surface area contributed by atoms with Gasteiger partial charge in [0, 0.05) is 28.3 Å². The highest BCUT2D eigenvalue weighted by Gasteiger charge is 2.23. The van der Waals surface area contributed by atoms with Crippen molar-refractivity contribution in [3.8, 4) is 0 Å². The number of hydrogen-bond acceptors (Lipinski definition) is 4. The number of nitrogens with one attached hydrogen (secondary N) is 2. The van der Waals surface area contributed by atoms with E-state index in [-0.39, 0.29) is 23.6 Å². The summed E-state index contributed by atoms with van der Waals surface area (Å²) in [5, 5.41) is 9.72. The second-order valence-corrected chi connectivity index (χ2v) is 6.85. The summed E-state index contributed by atoms with van der Waals surface area (Å²) in [7, 11) is -0.724. The second kappa shape index (κ2) is 5.73. The normalized spacial score (nSPS) is 23.5. The molecule has 19 heavy (non-hydrogen) atoms. The monoisotopic (exact) mass is 284 g/mol. The fourth-order valence-corrected chi connectivity index (χ4v) is 3.47. The van der Waals surface area contributed by atoms with Gasteiger partial charge in [0.15, 0.2) is 5.69 Å². The van der Waals surface area contributed by atoms with E-state index >= 15 is 0 Å². The summed E-state index contributed by atoms with van der Waals surface area (Å²) < 4.78 is 11.3. The average molecular weight is 284 g/mol. The minimum Gasteiger partial charge on any atom is -0.395 e. The van der Waals surface area contributed by atoms with E-state index in [9.17, 15) is 9.00 Å². The molecule has 0 aliphatic carbocycles. The Bertz CT molecular complexity index is 488. The van der Waals surface area contributed by atoms with E-state index in [1.54, 1.807) is 0 Å². The molecule has 0 spiro atoms. The summed E-state index contributed by atoms with van der Waals surface area (Å²) in [5.41, 5.74) is 7.40. The van der Waals surface area contributed by atoms with Crippen LogP contribution in [-0.4, -0.2) is 37.9 Å². The fraction of sp³-hybridized carbons (Fsp3) is 0.667. The Hall–Kier alpha value is -1.37. The predicted octanol–water partition coefficient (Wildman–Crippen LogP) is 0.756. The van der Waals surface area contributed by atoms with Crippen LogP contribution in [0.15, 0.2) is 0 Å². The van der Waals surface area contributed by atoms with Gasteiger partial charge in [-0.05, 0) is 18.8 Å². The molecule has 6 nitrogen and oxygen atoms in total. The molecule has 1 saturated heterocycles. The van der Waals surface area contributed by atoms with Crippen molar-refractivity contribution < 1.29 is 9.00 Å². The number of carbonyl (C=O) groups excluding carboxylic acids is 1. The first-order valence-corrected chi connectivity index (χ1v) is 7.97. The largest absolute Gasteiger partial charge is 0.395 e. The number of hydrogen-bond donors (Lipinski definition) is 3. The zero-order valence-electron chi connectivity index (χ0n) is 11.2. The highest BCUT2D eigenvalue weighted by atomic mass is 32.2. The van der Waals surface area contributed by atoms with E-state index in [4.69, 9.17) is 5.73 Å². The molecule has 0 unspecified atom stereocenters. The number of aromatic nitrogens is 2. The molecule has 1 amide bonds. The van der Waals surface area contributed by atoms with E-state index in [2.05, 4.69) is 15.5 Å². The van der Waals surface area contributed by atoms with Crippen molar-refractivity contribution in [3.63, 3.8) is 0 Å². The summed E-state index contributed by atoms with van der Waals surface area (Å²) in [6.07, 6.45) is 1.50. The number of rotatable bonds is 3. The van der Waals surface area contributed by atoms with Crippen LogP contribution in [0.25, 0.3) is 0 Å². The third-order valence-corrected chi connectivity index (χ3v) is 4.73. The van der Waals surface area contributed by atoms with E-state index in [0.717, 1.165) is 18.5 Å². The summed E-state index contributed by atoms with van der Waals surface area (Å²) in [5.74, 6) is 1.25. The van der Waals surface area contributed by atoms with Gasteiger partial charge in [0.1, 0.15) is 0 Å². The van der Waals surface area contributed by atoms with Gasteiger partial charge in [0.2, 0.25) is 0 Å². The molecule has 0 saturated carbocycles. The fourth-order valence-electron chi connectivity index (χ4n) is 2.17. The summed E-state index contributed by atoms with van der Waals surface area (Å²) in [6.45, 7) is 3.98. The lowest BCUT2D eigenvalue weighted by Gasteiger charge is -2.22. The van der Waals surface area contributed by atoms with E-state index in [1.807, 2.05) is 13.8 Å². The van der Waals surface area contributed by atoms with Gasteiger partial charge in [-0.2, -0.15) is 5.10 Å². The lowest BCUT2D eigenvalue weighted by Crippen LogP contribution is -2.39. The first-order valence-electron chi connectivity index (χ1n) is 6.48. The predicted molar refractivity (Wildman–Crippen MR) is 75.5 cm³/mol. The Labute approximate surface area is 115 Å². The van der Waals surface area contributed by atoms with Crippen LogP contribution in [0.3, 0.4) is 0 Å². The van der Waals surface area contributed by atoms with Gasteiger partial charge in [-0.15, -0.1) is 0 Å². The maximum Gasteiger partial charge on any atom is 0.274 e. The molecular formula is C12H20N4O2S. The van der Waals surface area contributed by atoms with Crippen molar-refractivity contribution >= 4 is 22.4 Å². The molecule has 0 bridgehead atoms. The van der Waals surface area contributed by atoms with Crippen molar-refractivity contribution in [3.05, 3.63) is 11.4 Å². The number of H-pyrrole nitrogens is 1. The number of nitrogens with zero attached hydrogens (tertiary/aromatic N) is 1. The number of nitrogens with two attached hydrogens (primary N) is 1. The second-order valence-electron chi connectivity index (χ2n) is 5.15. The lowest BCUT2D eigenvalue weighted by atomic mass is 10.1. The molecule has 2 rings (SSSR count). The van der Waals surface area contributed by atoms with Crippen molar-refractivity contribution in [2.24, 2.45) is 0 Å². The molecule has 0 atom stereocenters. The van der Waals surface area contributed by atoms with Crippen LogP contribution in [-0.2, 0) is 10.8 Å². The lowest BCUT2D eigenvalue weighted by molar-refractivity contribution is 0.0930. The molecule has 1 aliphatic rings. The SMILES string of the molecule is CC(C)c1[nH]nc(C(=O)NC2CCS(=O)CC2)c1N. The van der Waals surface area contributed by atoms with Crippen molar-refractivity contribution in [2.45, 2.75) is 38.6 Å². The van der Waals surface area contributed by atoms with Gasteiger partial charge in [0.25, 0.3) is 5.91 Å². The summed E-state index contributed by atoms with van der Waals surface area (Å²) in [4.78, 5) is 12.1. The Morgan fingerprint density at radius 3 is 2.63 bits per heavy atom. The van der Waals surface area contributed by atoms with Crippen molar-refractivity contribution in [1.82, 2.24) is 15.5 Å². The van der Waals surface area contributed by atoms with Crippen LogP contribution in [0, 0.1) is 0 Å². The Balaban J connectivity index is 2.02. The van der Waals surface area contributed by atoms with Gasteiger partial charge in [-0.3, -0.25) is 14.1 Å². The molecular weight excluding hydrogens is 264 g/mol. The molecule has 1 aliphatic heterocycles. The van der Waals surface area contributed by atoms with Gasteiger partial charge in [0.05, 0.1) is 11.4 Å². The van der Waals surface area contributed by atoms with Crippen molar-refractivity contribution in [2.75, 3.05) is 17.2 Å². The number of amides is 1. The molecule has 7 heteroatoms. The molecule has 0 aromatic carbocycles. The minimum atomic E-state index is -0.724. The van der Waals surface area contributed by atoms with Crippen LogP contribution < -0.4 is 11.1 Å². The third kappa shape index (κ3) is 3.15. The van der Waals surface area contributed by atoms with Crippen LogP contribution in [0.2, 0.25) is 0 Å². The first-order chi connectivity index (χ1) is 8.99. The highest BCUT2D eigenvalue weighted by molar-refractivity contribution is 7.85. The van der Waals surface area contributed by atoms with Crippen LogP contribution >= 0.6 is 0 Å². The van der Waals surface area contributed by atoms with Gasteiger partial charge >= 0.3 is 0 Å². The van der Waals surface area contributed by atoms with E-state index in [1.165, 1.54) is 0 Å². The number of nitrogen functional groups attached to an aromatic ring is 1. The molecule has 2 heterocycles. The molecule has 1 aromatic heterocycles.